The first-order chi connectivity index (χ1) is 9.08. The van der Waals surface area contributed by atoms with Crippen LogP contribution >= 0.6 is 0 Å². The maximum atomic E-state index is 10.8. The van der Waals surface area contributed by atoms with Crippen LogP contribution in [-0.4, -0.2) is 30.8 Å². The molecule has 0 amide bonds. The van der Waals surface area contributed by atoms with Gasteiger partial charge in [0.1, 0.15) is 11.8 Å². The molecule has 1 aromatic carbocycles. The molecule has 0 aliphatic rings. The van der Waals surface area contributed by atoms with Gasteiger partial charge in [-0.25, -0.2) is 0 Å². The lowest BCUT2D eigenvalue weighted by molar-refractivity contribution is -0.139. The molecule has 0 saturated heterocycles. The molecule has 0 spiro atoms. The van der Waals surface area contributed by atoms with Gasteiger partial charge in [-0.3, -0.25) is 4.79 Å². The fraction of sp³-hybridized carbons (Fsp3) is 0.533. The zero-order valence-electron chi connectivity index (χ0n) is 11.8. The molecule has 2 atom stereocenters. The van der Waals surface area contributed by atoms with E-state index in [9.17, 15) is 4.79 Å². The second kappa shape index (κ2) is 7.79. The average molecular weight is 265 g/mol. The highest BCUT2D eigenvalue weighted by atomic mass is 16.5. The second-order valence-corrected chi connectivity index (χ2v) is 4.69. The number of aliphatic carboxylic acids is 1. The number of benzene rings is 1. The van der Waals surface area contributed by atoms with Gasteiger partial charge in [-0.2, -0.15) is 0 Å². The predicted octanol–water partition coefficient (Wildman–Crippen LogP) is 2.64. The Balaban J connectivity index is 2.44. The third-order valence-electron chi connectivity index (χ3n) is 3.38. The van der Waals surface area contributed by atoms with Gasteiger partial charge in [-0.05, 0) is 37.1 Å². The van der Waals surface area contributed by atoms with E-state index >= 15 is 0 Å². The van der Waals surface area contributed by atoms with Crippen molar-refractivity contribution in [3.63, 3.8) is 0 Å². The first kappa shape index (κ1) is 15.5. The Labute approximate surface area is 114 Å². The monoisotopic (exact) mass is 265 g/mol. The van der Waals surface area contributed by atoms with Crippen molar-refractivity contribution in [3.8, 4) is 5.75 Å². The van der Waals surface area contributed by atoms with Crippen molar-refractivity contribution in [2.24, 2.45) is 0 Å². The lowest BCUT2D eigenvalue weighted by Crippen LogP contribution is -2.35. The molecule has 19 heavy (non-hydrogen) atoms. The largest absolute Gasteiger partial charge is 0.494 e. The van der Waals surface area contributed by atoms with E-state index in [1.165, 1.54) is 5.56 Å². The van der Waals surface area contributed by atoms with E-state index in [1.54, 1.807) is 7.05 Å². The van der Waals surface area contributed by atoms with E-state index in [-0.39, 0.29) is 0 Å². The van der Waals surface area contributed by atoms with Crippen molar-refractivity contribution in [3.05, 3.63) is 29.8 Å². The molecule has 0 aliphatic carbocycles. The van der Waals surface area contributed by atoms with Crippen LogP contribution in [0.25, 0.3) is 0 Å². The van der Waals surface area contributed by atoms with Crippen molar-refractivity contribution in [2.75, 3.05) is 13.7 Å². The smallest absolute Gasteiger partial charge is 0.320 e. The van der Waals surface area contributed by atoms with E-state index in [1.807, 2.05) is 12.1 Å². The maximum Gasteiger partial charge on any atom is 0.320 e. The van der Waals surface area contributed by atoms with Gasteiger partial charge in [-0.1, -0.05) is 26.0 Å². The zero-order chi connectivity index (χ0) is 14.3. The lowest BCUT2D eigenvalue weighted by Gasteiger charge is -2.13. The summed E-state index contributed by atoms with van der Waals surface area (Å²) in [6.45, 7) is 4.75. The number of nitrogens with one attached hydrogen (secondary N) is 1. The Morgan fingerprint density at radius 3 is 2.47 bits per heavy atom. The SMILES string of the molecule is CCC(C)c1ccc(OCCC(NC)C(=O)O)cc1. The van der Waals surface area contributed by atoms with Gasteiger partial charge in [0.2, 0.25) is 0 Å². The minimum absolute atomic E-state index is 0.389. The van der Waals surface area contributed by atoms with Gasteiger partial charge in [0.25, 0.3) is 0 Å². The molecular weight excluding hydrogens is 242 g/mol. The van der Waals surface area contributed by atoms with Crippen LogP contribution in [0.1, 0.15) is 38.2 Å². The Kier molecular flexibility index (Phi) is 6.36. The van der Waals surface area contributed by atoms with Crippen molar-refractivity contribution < 1.29 is 14.6 Å². The molecule has 4 heteroatoms. The molecule has 0 heterocycles. The first-order valence-corrected chi connectivity index (χ1v) is 6.71. The van der Waals surface area contributed by atoms with Crippen molar-refractivity contribution >= 4 is 5.97 Å². The van der Waals surface area contributed by atoms with Crippen molar-refractivity contribution in [1.29, 1.82) is 0 Å². The summed E-state index contributed by atoms with van der Waals surface area (Å²) in [7, 11) is 1.64. The van der Waals surface area contributed by atoms with Crippen molar-refractivity contribution in [1.82, 2.24) is 5.32 Å². The minimum Gasteiger partial charge on any atom is -0.494 e. The zero-order valence-corrected chi connectivity index (χ0v) is 11.8. The first-order valence-electron chi connectivity index (χ1n) is 6.71. The van der Waals surface area contributed by atoms with Crippen LogP contribution in [0.3, 0.4) is 0 Å². The summed E-state index contributed by atoms with van der Waals surface area (Å²) in [6.07, 6.45) is 1.56. The van der Waals surface area contributed by atoms with Gasteiger partial charge in [-0.15, -0.1) is 0 Å². The highest BCUT2D eigenvalue weighted by molar-refractivity contribution is 5.73. The molecule has 0 fully saturated rings. The van der Waals surface area contributed by atoms with Crippen LogP contribution in [0.5, 0.6) is 5.75 Å². The molecule has 2 unspecified atom stereocenters. The Bertz CT molecular complexity index is 389. The van der Waals surface area contributed by atoms with Crippen LogP contribution in [0.4, 0.5) is 0 Å². The molecular formula is C15H23NO3. The summed E-state index contributed by atoms with van der Waals surface area (Å²) >= 11 is 0. The number of hydrogen-bond acceptors (Lipinski definition) is 3. The third-order valence-corrected chi connectivity index (χ3v) is 3.38. The number of carboxylic acids is 1. The van der Waals surface area contributed by atoms with E-state index in [4.69, 9.17) is 9.84 Å². The molecule has 4 nitrogen and oxygen atoms in total. The second-order valence-electron chi connectivity index (χ2n) is 4.69. The highest BCUT2D eigenvalue weighted by Crippen LogP contribution is 2.21. The molecule has 0 bridgehead atoms. The Morgan fingerprint density at radius 2 is 2.00 bits per heavy atom. The van der Waals surface area contributed by atoms with Crippen LogP contribution < -0.4 is 10.1 Å². The summed E-state index contributed by atoms with van der Waals surface area (Å²) < 4.78 is 5.55. The summed E-state index contributed by atoms with van der Waals surface area (Å²) in [6, 6.07) is 7.46. The standard InChI is InChI=1S/C15H23NO3/c1-4-11(2)12-5-7-13(8-6-12)19-10-9-14(16-3)15(17)18/h5-8,11,14,16H,4,9-10H2,1-3H3,(H,17,18). The van der Waals surface area contributed by atoms with E-state index in [2.05, 4.69) is 31.3 Å². The molecule has 106 valence electrons. The summed E-state index contributed by atoms with van der Waals surface area (Å²) in [5.41, 5.74) is 1.30. The molecule has 0 aromatic heterocycles. The number of carboxylic acid groups (broad SMARTS) is 1. The number of ether oxygens (including phenoxy) is 1. The fourth-order valence-corrected chi connectivity index (χ4v) is 1.81. The van der Waals surface area contributed by atoms with E-state index in [0.717, 1.165) is 12.2 Å². The van der Waals surface area contributed by atoms with Gasteiger partial charge in [0, 0.05) is 6.42 Å². The maximum absolute atomic E-state index is 10.8. The number of rotatable bonds is 8. The van der Waals surface area contributed by atoms with Gasteiger partial charge >= 0.3 is 5.97 Å². The summed E-state index contributed by atoms with van der Waals surface area (Å²) in [5.74, 6) is 0.486. The third kappa shape index (κ3) is 4.91. The number of hydrogen-bond donors (Lipinski definition) is 2. The van der Waals surface area contributed by atoms with Crippen LogP contribution in [-0.2, 0) is 4.79 Å². The van der Waals surface area contributed by atoms with E-state index in [0.29, 0.717) is 18.9 Å². The van der Waals surface area contributed by atoms with Gasteiger partial charge in [0.15, 0.2) is 0 Å². The van der Waals surface area contributed by atoms with E-state index < -0.39 is 12.0 Å². The Hall–Kier alpha value is -1.55. The molecule has 0 radical (unpaired) electrons. The molecule has 0 saturated carbocycles. The van der Waals surface area contributed by atoms with Gasteiger partial charge in [0.05, 0.1) is 6.61 Å². The quantitative estimate of drug-likeness (QED) is 0.758. The Morgan fingerprint density at radius 1 is 1.37 bits per heavy atom. The average Bonchev–Trinajstić information content (AvgIpc) is 2.43. The predicted molar refractivity (Wildman–Crippen MR) is 75.7 cm³/mol. The lowest BCUT2D eigenvalue weighted by atomic mass is 9.99. The minimum atomic E-state index is -0.849. The van der Waals surface area contributed by atoms with Crippen LogP contribution in [0, 0.1) is 0 Å². The number of carbonyl (C=O) groups is 1. The molecule has 1 rings (SSSR count). The molecule has 1 aromatic rings. The van der Waals surface area contributed by atoms with Crippen molar-refractivity contribution in [2.45, 2.75) is 38.6 Å². The fourth-order valence-electron chi connectivity index (χ4n) is 1.81. The summed E-state index contributed by atoms with van der Waals surface area (Å²) in [4.78, 5) is 10.8. The topological polar surface area (TPSA) is 58.6 Å². The van der Waals surface area contributed by atoms with Crippen LogP contribution in [0.2, 0.25) is 0 Å². The normalized spacial score (nSPS) is 13.8. The number of likely N-dealkylation sites (N-methyl/N-ethyl adjacent to an activating group) is 1. The van der Waals surface area contributed by atoms with Crippen LogP contribution in [0.15, 0.2) is 24.3 Å². The summed E-state index contributed by atoms with van der Waals surface area (Å²) in [5, 5.41) is 11.6. The highest BCUT2D eigenvalue weighted by Gasteiger charge is 2.14. The van der Waals surface area contributed by atoms with Gasteiger partial charge < -0.3 is 15.2 Å². The molecule has 0 aliphatic heterocycles. The molecule has 2 N–H and O–H groups in total.